The van der Waals surface area contributed by atoms with Crippen LogP contribution in [-0.2, 0) is 10.0 Å². The molecule has 2 aliphatic rings. The Morgan fingerprint density at radius 1 is 1.33 bits per heavy atom. The number of aliphatic hydroxyl groups excluding tert-OH is 1. The van der Waals surface area contributed by atoms with Crippen LogP contribution in [0.5, 0.6) is 0 Å². The van der Waals surface area contributed by atoms with Crippen molar-refractivity contribution in [3.63, 3.8) is 0 Å². The van der Waals surface area contributed by atoms with Crippen molar-refractivity contribution in [1.82, 2.24) is 14.3 Å². The quantitative estimate of drug-likeness (QED) is 0.865. The second kappa shape index (κ2) is 4.53. The van der Waals surface area contributed by atoms with Gasteiger partial charge in [0.15, 0.2) is 0 Å². The number of aliphatic hydroxyl groups is 1. The van der Waals surface area contributed by atoms with Crippen molar-refractivity contribution in [3.8, 4) is 0 Å². The van der Waals surface area contributed by atoms with E-state index in [1.54, 1.807) is 18.3 Å². The second-order valence-electron chi connectivity index (χ2n) is 5.94. The van der Waals surface area contributed by atoms with E-state index in [1.807, 2.05) is 0 Å². The van der Waals surface area contributed by atoms with E-state index in [9.17, 15) is 13.5 Å². The van der Waals surface area contributed by atoms with Crippen molar-refractivity contribution >= 4 is 21.1 Å². The zero-order valence-electron chi connectivity index (χ0n) is 11.4. The van der Waals surface area contributed by atoms with E-state index in [1.165, 1.54) is 10.5 Å². The van der Waals surface area contributed by atoms with Crippen molar-refractivity contribution in [1.29, 1.82) is 0 Å². The fourth-order valence-electron chi connectivity index (χ4n) is 3.68. The maximum Gasteiger partial charge on any atom is 0.245 e. The van der Waals surface area contributed by atoms with Crippen LogP contribution in [-0.4, -0.2) is 47.0 Å². The number of sulfonamides is 1. The predicted octanol–water partition coefficient (Wildman–Crippen LogP) is 0.954. The average Bonchev–Trinajstić information content (AvgIpc) is 3.14. The SMILES string of the molecule is O=S(=O)(c1c[nH]c2ncccc12)N1CC2CCC(O)C2C1. The first-order valence-electron chi connectivity index (χ1n) is 7.17. The minimum absolute atomic E-state index is 0.0862. The fraction of sp³-hybridized carbons (Fsp3) is 0.500. The number of pyridine rings is 1. The summed E-state index contributed by atoms with van der Waals surface area (Å²) in [6.07, 6.45) is 4.48. The lowest BCUT2D eigenvalue weighted by Gasteiger charge is -2.17. The molecule has 4 rings (SSSR count). The molecule has 2 N–H and O–H groups in total. The molecule has 0 amide bonds. The molecule has 6 nitrogen and oxygen atoms in total. The van der Waals surface area contributed by atoms with Gasteiger partial charge in [-0.25, -0.2) is 13.4 Å². The van der Waals surface area contributed by atoms with E-state index in [2.05, 4.69) is 9.97 Å². The summed E-state index contributed by atoms with van der Waals surface area (Å²) >= 11 is 0. The molecule has 3 atom stereocenters. The summed E-state index contributed by atoms with van der Waals surface area (Å²) < 4.78 is 27.2. The topological polar surface area (TPSA) is 86.3 Å². The Balaban J connectivity index is 1.71. The van der Waals surface area contributed by atoms with Gasteiger partial charge >= 0.3 is 0 Å². The van der Waals surface area contributed by atoms with Crippen molar-refractivity contribution < 1.29 is 13.5 Å². The van der Waals surface area contributed by atoms with Gasteiger partial charge < -0.3 is 10.1 Å². The number of nitrogens with one attached hydrogen (secondary N) is 1. The van der Waals surface area contributed by atoms with E-state index >= 15 is 0 Å². The predicted molar refractivity (Wildman–Crippen MR) is 77.1 cm³/mol. The van der Waals surface area contributed by atoms with Crippen LogP contribution < -0.4 is 0 Å². The molecule has 0 radical (unpaired) electrons. The Bertz CT molecular complexity index is 786. The standard InChI is InChI=1S/C14H17N3O3S/c18-12-4-3-9-7-17(8-11(9)12)21(19,20)13-6-16-14-10(13)2-1-5-15-14/h1-2,5-6,9,11-12,18H,3-4,7-8H2,(H,15,16). The molecular weight excluding hydrogens is 290 g/mol. The number of rotatable bonds is 2. The number of hydrogen-bond donors (Lipinski definition) is 2. The van der Waals surface area contributed by atoms with Crippen LogP contribution in [0.25, 0.3) is 11.0 Å². The number of aromatic nitrogens is 2. The zero-order valence-corrected chi connectivity index (χ0v) is 12.3. The summed E-state index contributed by atoms with van der Waals surface area (Å²) in [7, 11) is -3.54. The van der Waals surface area contributed by atoms with Crippen molar-refractivity contribution in [3.05, 3.63) is 24.5 Å². The third-order valence-corrected chi connectivity index (χ3v) is 6.69. The highest BCUT2D eigenvalue weighted by molar-refractivity contribution is 7.89. The van der Waals surface area contributed by atoms with Crippen LogP contribution in [0.2, 0.25) is 0 Å². The maximum atomic E-state index is 12.8. The van der Waals surface area contributed by atoms with E-state index in [0.717, 1.165) is 12.8 Å². The van der Waals surface area contributed by atoms with Gasteiger partial charge in [-0.05, 0) is 30.9 Å². The van der Waals surface area contributed by atoms with Crippen LogP contribution in [0.4, 0.5) is 0 Å². The molecule has 2 aromatic heterocycles. The van der Waals surface area contributed by atoms with E-state index in [-0.39, 0.29) is 22.8 Å². The molecule has 0 spiro atoms. The molecule has 2 fully saturated rings. The zero-order chi connectivity index (χ0) is 14.6. The molecule has 112 valence electrons. The molecule has 0 aromatic carbocycles. The molecule has 1 aliphatic heterocycles. The van der Waals surface area contributed by atoms with Gasteiger partial charge in [0.1, 0.15) is 10.5 Å². The highest BCUT2D eigenvalue weighted by Gasteiger charge is 2.46. The van der Waals surface area contributed by atoms with Crippen molar-refractivity contribution in [2.24, 2.45) is 11.8 Å². The first-order valence-corrected chi connectivity index (χ1v) is 8.61. The summed E-state index contributed by atoms with van der Waals surface area (Å²) in [5.41, 5.74) is 0.579. The van der Waals surface area contributed by atoms with Crippen LogP contribution in [0.3, 0.4) is 0 Å². The summed E-state index contributed by atoms with van der Waals surface area (Å²) in [6.45, 7) is 0.929. The van der Waals surface area contributed by atoms with E-state index < -0.39 is 10.0 Å². The monoisotopic (exact) mass is 307 g/mol. The lowest BCUT2D eigenvalue weighted by Crippen LogP contribution is -2.31. The normalized spacial score (nSPS) is 30.0. The number of nitrogens with zero attached hydrogens (tertiary/aromatic N) is 2. The Morgan fingerprint density at radius 3 is 3.00 bits per heavy atom. The first-order chi connectivity index (χ1) is 10.1. The Morgan fingerprint density at radius 2 is 2.19 bits per heavy atom. The smallest absolute Gasteiger partial charge is 0.245 e. The molecule has 1 saturated heterocycles. The summed E-state index contributed by atoms with van der Waals surface area (Å²) in [4.78, 5) is 7.32. The highest BCUT2D eigenvalue weighted by atomic mass is 32.2. The van der Waals surface area contributed by atoms with E-state index in [4.69, 9.17) is 0 Å². The maximum absolute atomic E-state index is 12.8. The van der Waals surface area contributed by atoms with Gasteiger partial charge in [0, 0.05) is 36.8 Å². The first kappa shape index (κ1) is 13.2. The molecule has 1 aliphatic carbocycles. The van der Waals surface area contributed by atoms with Crippen molar-refractivity contribution in [2.45, 2.75) is 23.8 Å². The molecule has 3 unspecified atom stereocenters. The lowest BCUT2D eigenvalue weighted by molar-refractivity contribution is 0.129. The minimum Gasteiger partial charge on any atom is -0.393 e. The summed E-state index contributed by atoms with van der Waals surface area (Å²) in [5, 5.41) is 10.6. The molecule has 1 saturated carbocycles. The average molecular weight is 307 g/mol. The Labute approximate surface area is 122 Å². The van der Waals surface area contributed by atoms with Crippen LogP contribution in [0, 0.1) is 11.8 Å². The highest BCUT2D eigenvalue weighted by Crippen LogP contribution is 2.40. The van der Waals surface area contributed by atoms with Gasteiger partial charge in [0.2, 0.25) is 10.0 Å². The fourth-order valence-corrected chi connectivity index (χ4v) is 5.36. The number of aromatic amines is 1. The van der Waals surface area contributed by atoms with Gasteiger partial charge in [-0.1, -0.05) is 0 Å². The summed E-state index contributed by atoms with van der Waals surface area (Å²) in [6, 6.07) is 3.50. The van der Waals surface area contributed by atoms with Crippen LogP contribution in [0.1, 0.15) is 12.8 Å². The second-order valence-corrected chi connectivity index (χ2v) is 7.85. The van der Waals surface area contributed by atoms with Gasteiger partial charge in [0.05, 0.1) is 6.10 Å². The van der Waals surface area contributed by atoms with Gasteiger partial charge in [-0.3, -0.25) is 0 Å². The molecule has 7 heteroatoms. The molecule has 21 heavy (non-hydrogen) atoms. The number of fused-ring (bicyclic) bond motifs is 2. The largest absolute Gasteiger partial charge is 0.393 e. The Kier molecular flexibility index (Phi) is 2.85. The third kappa shape index (κ3) is 1.91. The molecular formula is C14H17N3O3S. The number of H-pyrrole nitrogens is 1. The summed E-state index contributed by atoms with van der Waals surface area (Å²) in [5.74, 6) is 0.376. The van der Waals surface area contributed by atoms with Crippen LogP contribution in [0.15, 0.2) is 29.4 Å². The number of hydrogen-bond acceptors (Lipinski definition) is 4. The molecule has 0 bridgehead atoms. The molecule has 3 heterocycles. The minimum atomic E-state index is -3.54. The van der Waals surface area contributed by atoms with Gasteiger partial charge in [-0.2, -0.15) is 4.31 Å². The van der Waals surface area contributed by atoms with Crippen LogP contribution >= 0.6 is 0 Å². The third-order valence-electron chi connectivity index (χ3n) is 4.82. The van der Waals surface area contributed by atoms with E-state index in [0.29, 0.717) is 24.1 Å². The lowest BCUT2D eigenvalue weighted by atomic mass is 10.00. The molecule has 2 aromatic rings. The Hall–Kier alpha value is -1.44. The van der Waals surface area contributed by atoms with Crippen molar-refractivity contribution in [2.75, 3.05) is 13.1 Å². The van der Waals surface area contributed by atoms with Gasteiger partial charge in [-0.15, -0.1) is 0 Å². The van der Waals surface area contributed by atoms with Gasteiger partial charge in [0.25, 0.3) is 0 Å².